The summed E-state index contributed by atoms with van der Waals surface area (Å²) in [5, 5.41) is 6.22. The van der Waals surface area contributed by atoms with Crippen LogP contribution < -0.4 is 20.1 Å². The Morgan fingerprint density at radius 1 is 0.977 bits per heavy atom. The number of methoxy groups -OCH3 is 1. The number of carbonyl (C=O) groups is 1. The summed E-state index contributed by atoms with van der Waals surface area (Å²) >= 11 is 0. The molecule has 44 heavy (non-hydrogen) atoms. The zero-order valence-electron chi connectivity index (χ0n) is 25.6. The maximum Gasteiger partial charge on any atom is 0.261 e. The number of amidine groups is 1. The van der Waals surface area contributed by atoms with E-state index in [4.69, 9.17) is 24.2 Å². The minimum Gasteiger partial charge on any atom is -0.491 e. The summed E-state index contributed by atoms with van der Waals surface area (Å²) in [6.07, 6.45) is 8.92. The van der Waals surface area contributed by atoms with E-state index < -0.39 is 0 Å². The van der Waals surface area contributed by atoms with Gasteiger partial charge in [-0.05, 0) is 57.5 Å². The first-order chi connectivity index (χ1) is 21.7. The summed E-state index contributed by atoms with van der Waals surface area (Å²) in [5.41, 5.74) is 1.78. The third-order valence-electron chi connectivity index (χ3n) is 8.36. The molecule has 13 nitrogen and oxygen atoms in total. The van der Waals surface area contributed by atoms with Gasteiger partial charge >= 0.3 is 0 Å². The first kappa shape index (κ1) is 30.2. The van der Waals surface area contributed by atoms with Crippen molar-refractivity contribution < 1.29 is 19.0 Å². The largest absolute Gasteiger partial charge is 0.491 e. The molecule has 0 atom stereocenters. The van der Waals surface area contributed by atoms with Crippen molar-refractivity contribution in [2.75, 3.05) is 91.2 Å². The number of aliphatic imine (C=N–C) groups is 2. The molecule has 4 aliphatic heterocycles. The number of morpholine rings is 1. The molecule has 1 aromatic heterocycles. The highest BCUT2D eigenvalue weighted by Gasteiger charge is 2.33. The number of benzene rings is 1. The van der Waals surface area contributed by atoms with Crippen molar-refractivity contribution in [3.63, 3.8) is 0 Å². The first-order valence-corrected chi connectivity index (χ1v) is 15.8. The lowest BCUT2D eigenvalue weighted by Gasteiger charge is -2.29. The SMILES string of the molecule is COc1c(OCCCN2CCOCC2)ccc2c1N=C(NC(=O)c1cnc(NCCCN3CCCCC3)nc1)N1CCN=C21. The predicted octanol–water partition coefficient (Wildman–Crippen LogP) is 2.37. The van der Waals surface area contributed by atoms with Crippen LogP contribution >= 0.6 is 0 Å². The number of anilines is 1. The van der Waals surface area contributed by atoms with Crippen molar-refractivity contribution in [2.45, 2.75) is 32.1 Å². The van der Waals surface area contributed by atoms with Crippen molar-refractivity contribution in [2.24, 2.45) is 9.98 Å². The highest BCUT2D eigenvalue weighted by molar-refractivity contribution is 6.20. The summed E-state index contributed by atoms with van der Waals surface area (Å²) in [5.74, 6) is 2.45. The van der Waals surface area contributed by atoms with Crippen molar-refractivity contribution in [1.82, 2.24) is 30.0 Å². The molecule has 5 heterocycles. The number of nitrogens with one attached hydrogen (secondary N) is 2. The summed E-state index contributed by atoms with van der Waals surface area (Å²) < 4.78 is 17.4. The van der Waals surface area contributed by atoms with E-state index in [1.54, 1.807) is 7.11 Å². The van der Waals surface area contributed by atoms with E-state index in [2.05, 4.69) is 30.4 Å². The van der Waals surface area contributed by atoms with Crippen molar-refractivity contribution >= 4 is 29.3 Å². The molecule has 0 unspecified atom stereocenters. The molecule has 4 aliphatic rings. The number of hydrogen-bond donors (Lipinski definition) is 2. The van der Waals surface area contributed by atoms with Crippen LogP contribution in [0.1, 0.15) is 48.0 Å². The van der Waals surface area contributed by atoms with E-state index in [0.717, 1.165) is 70.2 Å². The van der Waals surface area contributed by atoms with Gasteiger partial charge in [0.2, 0.25) is 11.9 Å². The Morgan fingerprint density at radius 2 is 1.75 bits per heavy atom. The molecule has 0 radical (unpaired) electrons. The van der Waals surface area contributed by atoms with Crippen molar-refractivity contribution in [1.29, 1.82) is 0 Å². The highest BCUT2D eigenvalue weighted by atomic mass is 16.5. The second-order valence-corrected chi connectivity index (χ2v) is 11.4. The second-order valence-electron chi connectivity index (χ2n) is 11.4. The van der Waals surface area contributed by atoms with Crippen molar-refractivity contribution in [3.05, 3.63) is 35.7 Å². The number of carbonyl (C=O) groups excluding carboxylic acids is 1. The number of aromatic nitrogens is 2. The number of rotatable bonds is 12. The Bertz CT molecular complexity index is 1340. The zero-order valence-corrected chi connectivity index (χ0v) is 25.6. The number of fused-ring (bicyclic) bond motifs is 3. The smallest absolute Gasteiger partial charge is 0.261 e. The predicted molar refractivity (Wildman–Crippen MR) is 168 cm³/mol. The van der Waals surface area contributed by atoms with Crippen LogP contribution in [-0.4, -0.2) is 128 Å². The first-order valence-electron chi connectivity index (χ1n) is 15.8. The highest BCUT2D eigenvalue weighted by Crippen LogP contribution is 2.43. The molecule has 0 bridgehead atoms. The van der Waals surface area contributed by atoms with Gasteiger partial charge in [0, 0.05) is 50.7 Å². The number of hydrogen-bond acceptors (Lipinski definition) is 12. The normalized spacial score (nSPS) is 18.6. The Labute approximate surface area is 258 Å². The lowest BCUT2D eigenvalue weighted by molar-refractivity contribution is 0.0357. The van der Waals surface area contributed by atoms with Gasteiger partial charge in [-0.3, -0.25) is 24.9 Å². The minimum absolute atomic E-state index is 0.343. The zero-order chi connectivity index (χ0) is 30.1. The number of piperidine rings is 1. The van der Waals surface area contributed by atoms with Crippen LogP contribution in [0.25, 0.3) is 0 Å². The Kier molecular flexibility index (Phi) is 10.2. The van der Waals surface area contributed by atoms with E-state index in [1.165, 1.54) is 44.7 Å². The van der Waals surface area contributed by atoms with Crippen molar-refractivity contribution in [3.8, 4) is 11.5 Å². The lowest BCUT2D eigenvalue weighted by Crippen LogP contribution is -2.47. The fraction of sp³-hybridized carbons (Fsp3) is 0.581. The van der Waals surface area contributed by atoms with Crippen LogP contribution in [0.3, 0.4) is 0 Å². The third kappa shape index (κ3) is 7.28. The molecular formula is C31H43N9O4. The molecule has 13 heteroatoms. The molecule has 0 aliphatic carbocycles. The monoisotopic (exact) mass is 605 g/mol. The summed E-state index contributed by atoms with van der Waals surface area (Å²) in [6, 6.07) is 3.87. The van der Waals surface area contributed by atoms with Crippen LogP contribution in [0.4, 0.5) is 11.6 Å². The number of amides is 1. The molecule has 2 fully saturated rings. The topological polar surface area (TPSA) is 129 Å². The van der Waals surface area contributed by atoms with Gasteiger partial charge in [0.1, 0.15) is 11.5 Å². The molecule has 1 amide bonds. The number of guanidine groups is 1. The summed E-state index contributed by atoms with van der Waals surface area (Å²) in [6.45, 7) is 10.5. The fourth-order valence-electron chi connectivity index (χ4n) is 5.99. The average Bonchev–Trinajstić information content (AvgIpc) is 3.57. The Morgan fingerprint density at radius 3 is 2.55 bits per heavy atom. The molecule has 0 spiro atoms. The van der Waals surface area contributed by atoms with Gasteiger partial charge in [-0.15, -0.1) is 0 Å². The van der Waals surface area contributed by atoms with Gasteiger partial charge in [-0.25, -0.2) is 15.0 Å². The molecule has 2 saturated heterocycles. The molecule has 2 aromatic rings. The van der Waals surface area contributed by atoms with E-state index in [9.17, 15) is 4.79 Å². The van der Waals surface area contributed by atoms with Crippen LogP contribution in [0.2, 0.25) is 0 Å². The molecule has 0 saturated carbocycles. The third-order valence-corrected chi connectivity index (χ3v) is 8.36. The summed E-state index contributed by atoms with van der Waals surface area (Å²) in [4.78, 5) is 38.3. The van der Waals surface area contributed by atoms with Gasteiger partial charge in [-0.2, -0.15) is 0 Å². The van der Waals surface area contributed by atoms with E-state index in [1.807, 2.05) is 17.0 Å². The molecule has 6 rings (SSSR count). The van der Waals surface area contributed by atoms with E-state index >= 15 is 0 Å². The van der Waals surface area contributed by atoms with Gasteiger partial charge < -0.3 is 24.4 Å². The second kappa shape index (κ2) is 14.8. The Balaban J connectivity index is 1.08. The van der Waals surface area contributed by atoms with E-state index in [-0.39, 0.29) is 5.91 Å². The molecule has 236 valence electrons. The van der Waals surface area contributed by atoms with Crippen LogP contribution in [0.15, 0.2) is 34.5 Å². The van der Waals surface area contributed by atoms with Crippen LogP contribution in [0, 0.1) is 0 Å². The summed E-state index contributed by atoms with van der Waals surface area (Å²) in [7, 11) is 1.60. The quantitative estimate of drug-likeness (QED) is 0.348. The van der Waals surface area contributed by atoms with Gasteiger partial charge in [0.25, 0.3) is 5.91 Å². The van der Waals surface area contributed by atoms with Gasteiger partial charge in [0.15, 0.2) is 11.5 Å². The standard InChI is InChI=1S/C31H43N9O4/c1-42-27-25(44-18-6-14-39-16-19-43-20-17-39)8-7-24-26(27)36-31(40-15-10-32-28(24)40)37-29(41)23-21-34-30(35-22-23)33-9-5-13-38-11-3-2-4-12-38/h7-8,21-22H,2-6,9-20H2,1H3,(H,33,34,35)(H,36,37,41). The van der Waals surface area contributed by atoms with Gasteiger partial charge in [0.05, 0.1) is 39.0 Å². The maximum atomic E-state index is 13.3. The molecular weight excluding hydrogens is 562 g/mol. The number of ether oxygens (including phenoxy) is 3. The van der Waals surface area contributed by atoms with Crippen LogP contribution in [-0.2, 0) is 4.74 Å². The number of nitrogens with zero attached hydrogens (tertiary/aromatic N) is 7. The number of likely N-dealkylation sites (tertiary alicyclic amines) is 1. The fourth-order valence-corrected chi connectivity index (χ4v) is 5.99. The van der Waals surface area contributed by atoms with Crippen LogP contribution in [0.5, 0.6) is 11.5 Å². The minimum atomic E-state index is -0.343. The maximum absolute atomic E-state index is 13.3. The lowest BCUT2D eigenvalue weighted by atomic mass is 10.1. The van der Waals surface area contributed by atoms with Gasteiger partial charge in [-0.1, -0.05) is 6.42 Å². The Hall–Kier alpha value is -3.81. The average molecular weight is 606 g/mol. The van der Waals surface area contributed by atoms with E-state index in [0.29, 0.717) is 54.4 Å². The molecule has 2 N–H and O–H groups in total. The molecule has 1 aromatic carbocycles.